The maximum atomic E-state index is 12.9. The van der Waals surface area contributed by atoms with Crippen molar-refractivity contribution in [1.82, 2.24) is 9.78 Å². The van der Waals surface area contributed by atoms with Crippen LogP contribution in [0.5, 0.6) is 0 Å². The molecule has 0 atom stereocenters. The van der Waals surface area contributed by atoms with Gasteiger partial charge in [-0.05, 0) is 35.9 Å². The van der Waals surface area contributed by atoms with Gasteiger partial charge in [-0.25, -0.2) is 12.8 Å². The number of rotatable bonds is 5. The molecule has 3 aromatic rings. The zero-order valence-electron chi connectivity index (χ0n) is 12.7. The van der Waals surface area contributed by atoms with Crippen LogP contribution in [0.1, 0.15) is 5.56 Å². The Kier molecular flexibility index (Phi) is 4.99. The van der Waals surface area contributed by atoms with Gasteiger partial charge in [-0.1, -0.05) is 35.3 Å². The third-order valence-corrected chi connectivity index (χ3v) is 5.39. The van der Waals surface area contributed by atoms with Gasteiger partial charge in [0.2, 0.25) is 0 Å². The lowest BCUT2D eigenvalue weighted by Gasteiger charge is -2.08. The summed E-state index contributed by atoms with van der Waals surface area (Å²) in [5.74, 6) is -0.186. The second-order valence-corrected chi connectivity index (χ2v) is 7.70. The van der Waals surface area contributed by atoms with Crippen LogP contribution < -0.4 is 4.72 Å². The fourth-order valence-electron chi connectivity index (χ4n) is 2.16. The molecule has 0 spiro atoms. The lowest BCUT2D eigenvalue weighted by Crippen LogP contribution is -2.14. The second-order valence-electron chi connectivity index (χ2n) is 5.21. The minimum Gasteiger partial charge on any atom is -0.266 e. The highest BCUT2D eigenvalue weighted by Crippen LogP contribution is 2.26. The van der Waals surface area contributed by atoms with Crippen molar-refractivity contribution in [1.29, 1.82) is 0 Å². The highest BCUT2D eigenvalue weighted by Gasteiger charge is 2.19. The maximum absolute atomic E-state index is 12.9. The van der Waals surface area contributed by atoms with Crippen LogP contribution in [-0.4, -0.2) is 18.2 Å². The number of nitrogens with one attached hydrogen (secondary N) is 1. The van der Waals surface area contributed by atoms with Crippen molar-refractivity contribution >= 4 is 39.0 Å². The molecule has 0 amide bonds. The molecule has 5 nitrogen and oxygen atoms in total. The third-order valence-electron chi connectivity index (χ3n) is 3.32. The molecule has 0 aliphatic heterocycles. The highest BCUT2D eigenvalue weighted by atomic mass is 35.5. The van der Waals surface area contributed by atoms with E-state index in [0.717, 1.165) is 5.56 Å². The average molecular weight is 400 g/mol. The molecule has 0 radical (unpaired) electrons. The predicted molar refractivity (Wildman–Crippen MR) is 95.0 cm³/mol. The lowest BCUT2D eigenvalue weighted by atomic mass is 10.2. The van der Waals surface area contributed by atoms with Gasteiger partial charge in [-0.15, -0.1) is 0 Å². The molecule has 0 saturated heterocycles. The molecule has 9 heteroatoms. The summed E-state index contributed by atoms with van der Waals surface area (Å²) in [4.78, 5) is -0.130. The Bertz CT molecular complexity index is 1000. The number of hydrogen-bond donors (Lipinski definition) is 1. The molecule has 0 bridgehead atoms. The first-order valence-corrected chi connectivity index (χ1v) is 9.33. The Morgan fingerprint density at radius 2 is 1.80 bits per heavy atom. The summed E-state index contributed by atoms with van der Waals surface area (Å²) < 4.78 is 41.7. The molecule has 1 N–H and O–H groups in total. The topological polar surface area (TPSA) is 64.0 Å². The lowest BCUT2D eigenvalue weighted by molar-refractivity contribution is 0.600. The normalized spacial score (nSPS) is 11.5. The van der Waals surface area contributed by atoms with Crippen LogP contribution in [0.3, 0.4) is 0 Å². The molecule has 25 heavy (non-hydrogen) atoms. The SMILES string of the molecule is O=S(=O)(Nc1ccn(Cc2ccc(F)cc2)n1)c1cc(Cl)ccc1Cl. The first-order chi connectivity index (χ1) is 11.8. The molecule has 130 valence electrons. The van der Waals surface area contributed by atoms with Gasteiger partial charge in [0, 0.05) is 17.3 Å². The quantitative estimate of drug-likeness (QED) is 0.699. The number of hydrogen-bond acceptors (Lipinski definition) is 3. The summed E-state index contributed by atoms with van der Waals surface area (Å²) in [5, 5.41) is 4.46. The van der Waals surface area contributed by atoms with E-state index >= 15 is 0 Å². The van der Waals surface area contributed by atoms with Crippen molar-refractivity contribution in [3.8, 4) is 0 Å². The van der Waals surface area contributed by atoms with Crippen LogP contribution in [-0.2, 0) is 16.6 Å². The van der Waals surface area contributed by atoms with Gasteiger partial charge in [0.15, 0.2) is 5.82 Å². The molecule has 0 saturated carbocycles. The number of benzene rings is 2. The van der Waals surface area contributed by atoms with Crippen LogP contribution in [0, 0.1) is 5.82 Å². The van der Waals surface area contributed by atoms with E-state index in [2.05, 4.69) is 9.82 Å². The monoisotopic (exact) mass is 399 g/mol. The predicted octanol–water partition coefficient (Wildman–Crippen LogP) is 4.18. The summed E-state index contributed by atoms with van der Waals surface area (Å²) in [5.41, 5.74) is 0.830. The molecule has 0 unspecified atom stereocenters. The van der Waals surface area contributed by atoms with Gasteiger partial charge >= 0.3 is 0 Å². The van der Waals surface area contributed by atoms with Crippen molar-refractivity contribution in [2.24, 2.45) is 0 Å². The number of aromatic nitrogens is 2. The average Bonchev–Trinajstić information content (AvgIpc) is 2.98. The molecule has 3 rings (SSSR count). The molecule has 1 heterocycles. The largest absolute Gasteiger partial charge is 0.266 e. The van der Waals surface area contributed by atoms with Crippen molar-refractivity contribution in [3.63, 3.8) is 0 Å². The van der Waals surface area contributed by atoms with Gasteiger partial charge in [0.1, 0.15) is 10.7 Å². The van der Waals surface area contributed by atoms with E-state index < -0.39 is 10.0 Å². The van der Waals surface area contributed by atoms with Gasteiger partial charge in [-0.3, -0.25) is 9.40 Å². The van der Waals surface area contributed by atoms with Crippen molar-refractivity contribution < 1.29 is 12.8 Å². The number of anilines is 1. The molecular formula is C16H12Cl2FN3O2S. The van der Waals surface area contributed by atoms with Gasteiger partial charge in [0.05, 0.1) is 11.6 Å². The van der Waals surface area contributed by atoms with Crippen molar-refractivity contribution in [3.05, 3.63) is 76.2 Å². The summed E-state index contributed by atoms with van der Waals surface area (Å²) in [6.07, 6.45) is 1.61. The van der Waals surface area contributed by atoms with Crippen LogP contribution in [0.15, 0.2) is 59.6 Å². The third kappa shape index (κ3) is 4.31. The number of halogens is 3. The van der Waals surface area contributed by atoms with Gasteiger partial charge < -0.3 is 0 Å². The zero-order chi connectivity index (χ0) is 18.0. The van der Waals surface area contributed by atoms with E-state index in [0.29, 0.717) is 6.54 Å². The van der Waals surface area contributed by atoms with E-state index in [1.807, 2.05) is 0 Å². The number of nitrogens with zero attached hydrogens (tertiary/aromatic N) is 2. The standard InChI is InChI=1S/C16H12Cl2FN3O2S/c17-12-3-6-14(18)15(9-12)25(23,24)21-16-7-8-22(20-16)10-11-1-4-13(19)5-2-11/h1-9H,10H2,(H,20,21). The Labute approximate surface area is 154 Å². The Morgan fingerprint density at radius 3 is 2.52 bits per heavy atom. The fourth-order valence-corrected chi connectivity index (χ4v) is 3.92. The van der Waals surface area contributed by atoms with E-state index in [9.17, 15) is 12.8 Å². The molecule has 1 aromatic heterocycles. The summed E-state index contributed by atoms with van der Waals surface area (Å²) in [6.45, 7) is 0.375. The fraction of sp³-hybridized carbons (Fsp3) is 0.0625. The van der Waals surface area contributed by atoms with E-state index in [1.165, 1.54) is 41.1 Å². The van der Waals surface area contributed by atoms with E-state index in [4.69, 9.17) is 23.2 Å². The van der Waals surface area contributed by atoms with Crippen molar-refractivity contribution in [2.45, 2.75) is 11.4 Å². The van der Waals surface area contributed by atoms with Crippen LogP contribution in [0.25, 0.3) is 0 Å². The molecular weight excluding hydrogens is 388 g/mol. The second kappa shape index (κ2) is 7.03. The van der Waals surface area contributed by atoms with Crippen molar-refractivity contribution in [2.75, 3.05) is 4.72 Å². The zero-order valence-corrected chi connectivity index (χ0v) is 15.0. The van der Waals surface area contributed by atoms with Crippen LogP contribution in [0.2, 0.25) is 10.0 Å². The van der Waals surface area contributed by atoms with Crippen LogP contribution in [0.4, 0.5) is 10.2 Å². The van der Waals surface area contributed by atoms with Gasteiger partial charge in [-0.2, -0.15) is 5.10 Å². The number of sulfonamides is 1. The Hall–Kier alpha value is -2.09. The molecule has 2 aromatic carbocycles. The molecule has 0 aliphatic carbocycles. The van der Waals surface area contributed by atoms with Gasteiger partial charge in [0.25, 0.3) is 10.0 Å². The smallest absolute Gasteiger partial charge is 0.264 e. The summed E-state index contributed by atoms with van der Waals surface area (Å²) in [6, 6.07) is 11.7. The minimum absolute atomic E-state index is 0.0580. The maximum Gasteiger partial charge on any atom is 0.264 e. The summed E-state index contributed by atoms with van der Waals surface area (Å²) >= 11 is 11.8. The van der Waals surface area contributed by atoms with E-state index in [1.54, 1.807) is 18.3 Å². The summed E-state index contributed by atoms with van der Waals surface area (Å²) in [7, 11) is -3.92. The highest BCUT2D eigenvalue weighted by molar-refractivity contribution is 7.92. The Morgan fingerprint density at radius 1 is 1.08 bits per heavy atom. The first kappa shape index (κ1) is 17.7. The minimum atomic E-state index is -3.92. The molecule has 0 aliphatic rings. The van der Waals surface area contributed by atoms with Crippen LogP contribution >= 0.6 is 23.2 Å². The Balaban J connectivity index is 1.78. The van der Waals surface area contributed by atoms with E-state index in [-0.39, 0.29) is 26.6 Å². The molecule has 0 fully saturated rings. The first-order valence-electron chi connectivity index (χ1n) is 7.09.